The maximum absolute atomic E-state index is 13.0. The molecule has 0 bridgehead atoms. The summed E-state index contributed by atoms with van der Waals surface area (Å²) in [6.07, 6.45) is 0. The number of likely N-dealkylation sites (N-methyl/N-ethyl adjacent to an activating group) is 1. The van der Waals surface area contributed by atoms with Crippen molar-refractivity contribution in [3.63, 3.8) is 0 Å². The number of carbonyl (C=O) groups excluding carboxylic acids is 1. The van der Waals surface area contributed by atoms with E-state index in [9.17, 15) is 13.2 Å². The highest BCUT2D eigenvalue weighted by atomic mass is 35.5. The molecule has 3 aromatic rings. The molecule has 0 fully saturated rings. The standard InChI is InChI=1S/C23H27ClN4O4S/c1-15(2)28(13-21-25-26-23(32-21)19-8-6-7-9-20(19)24)22(29)14-27(5)33(30,31)18-11-10-16(3)17(4)12-18/h6-12,15H,13-14H2,1-5H3. The van der Waals surface area contributed by atoms with Gasteiger partial charge in [0.15, 0.2) is 0 Å². The van der Waals surface area contributed by atoms with Crippen molar-refractivity contribution in [2.45, 2.75) is 45.2 Å². The minimum Gasteiger partial charge on any atom is -0.419 e. The lowest BCUT2D eigenvalue weighted by atomic mass is 10.1. The Morgan fingerprint density at radius 1 is 1.09 bits per heavy atom. The van der Waals surface area contributed by atoms with Gasteiger partial charge in [-0.05, 0) is 63.1 Å². The van der Waals surface area contributed by atoms with Crippen LogP contribution in [-0.4, -0.2) is 53.4 Å². The van der Waals surface area contributed by atoms with Gasteiger partial charge in [0.2, 0.25) is 27.7 Å². The molecule has 3 rings (SSSR count). The highest BCUT2D eigenvalue weighted by Gasteiger charge is 2.27. The normalized spacial score (nSPS) is 11.9. The molecule has 1 heterocycles. The minimum atomic E-state index is -3.82. The van der Waals surface area contributed by atoms with Crippen LogP contribution in [0.15, 0.2) is 51.8 Å². The average Bonchev–Trinajstić information content (AvgIpc) is 3.22. The lowest BCUT2D eigenvalue weighted by Crippen LogP contribution is -2.43. The van der Waals surface area contributed by atoms with Gasteiger partial charge in [0.1, 0.15) is 0 Å². The Kier molecular flexibility index (Phi) is 7.56. The largest absolute Gasteiger partial charge is 0.419 e. The van der Waals surface area contributed by atoms with Gasteiger partial charge in [-0.15, -0.1) is 10.2 Å². The topological polar surface area (TPSA) is 96.6 Å². The van der Waals surface area contributed by atoms with Gasteiger partial charge in [0, 0.05) is 13.1 Å². The first-order chi connectivity index (χ1) is 15.5. The lowest BCUT2D eigenvalue weighted by molar-refractivity contribution is -0.133. The lowest BCUT2D eigenvalue weighted by Gasteiger charge is -2.27. The molecule has 0 spiro atoms. The molecule has 10 heteroatoms. The molecule has 1 amide bonds. The predicted molar refractivity (Wildman–Crippen MR) is 126 cm³/mol. The van der Waals surface area contributed by atoms with Gasteiger partial charge in [0.25, 0.3) is 0 Å². The summed E-state index contributed by atoms with van der Waals surface area (Å²) < 4.78 is 32.7. The van der Waals surface area contributed by atoms with Crippen molar-refractivity contribution in [1.82, 2.24) is 19.4 Å². The number of halogens is 1. The second-order valence-electron chi connectivity index (χ2n) is 8.10. The summed E-state index contributed by atoms with van der Waals surface area (Å²) in [5.41, 5.74) is 2.46. The summed E-state index contributed by atoms with van der Waals surface area (Å²) in [5.74, 6) is 0.102. The monoisotopic (exact) mass is 490 g/mol. The van der Waals surface area contributed by atoms with Crippen LogP contribution in [0.5, 0.6) is 0 Å². The molecule has 0 aliphatic rings. The number of aryl methyl sites for hydroxylation is 2. The van der Waals surface area contributed by atoms with E-state index in [0.717, 1.165) is 15.4 Å². The van der Waals surface area contributed by atoms with E-state index in [1.807, 2.05) is 27.7 Å². The quantitative estimate of drug-likeness (QED) is 0.472. The fourth-order valence-electron chi connectivity index (χ4n) is 3.19. The van der Waals surface area contributed by atoms with E-state index >= 15 is 0 Å². The summed E-state index contributed by atoms with van der Waals surface area (Å²) in [4.78, 5) is 14.7. The van der Waals surface area contributed by atoms with Crippen LogP contribution >= 0.6 is 11.6 Å². The van der Waals surface area contributed by atoms with Crippen molar-refractivity contribution in [2.75, 3.05) is 13.6 Å². The van der Waals surface area contributed by atoms with Crippen LogP contribution in [0.4, 0.5) is 0 Å². The van der Waals surface area contributed by atoms with Crippen LogP contribution in [0.25, 0.3) is 11.5 Å². The maximum Gasteiger partial charge on any atom is 0.249 e. The Bertz CT molecular complexity index is 1260. The van der Waals surface area contributed by atoms with E-state index < -0.39 is 10.0 Å². The highest BCUT2D eigenvalue weighted by Crippen LogP contribution is 2.26. The second-order valence-corrected chi connectivity index (χ2v) is 10.6. The number of carbonyl (C=O) groups is 1. The van der Waals surface area contributed by atoms with E-state index in [-0.39, 0.29) is 41.7 Å². The Labute approximate surface area is 199 Å². The zero-order valence-electron chi connectivity index (χ0n) is 19.2. The molecule has 0 saturated carbocycles. The third-order valence-corrected chi connectivity index (χ3v) is 7.49. The SMILES string of the molecule is Cc1ccc(S(=O)(=O)N(C)CC(=O)N(Cc2nnc(-c3ccccc3Cl)o2)C(C)C)cc1C. The first-order valence-electron chi connectivity index (χ1n) is 10.4. The first-order valence-corrected chi connectivity index (χ1v) is 12.2. The zero-order valence-corrected chi connectivity index (χ0v) is 20.8. The fraction of sp³-hybridized carbons (Fsp3) is 0.348. The number of hydrogen-bond acceptors (Lipinski definition) is 6. The highest BCUT2D eigenvalue weighted by molar-refractivity contribution is 7.89. The van der Waals surface area contributed by atoms with E-state index in [2.05, 4.69) is 10.2 Å². The number of nitrogens with zero attached hydrogens (tertiary/aromatic N) is 4. The Morgan fingerprint density at radius 2 is 1.79 bits per heavy atom. The average molecular weight is 491 g/mol. The molecule has 0 aliphatic heterocycles. The van der Waals surface area contributed by atoms with E-state index in [1.165, 1.54) is 11.9 Å². The molecule has 1 aromatic heterocycles. The van der Waals surface area contributed by atoms with Gasteiger partial charge in [-0.3, -0.25) is 4.79 Å². The summed E-state index contributed by atoms with van der Waals surface area (Å²) in [5, 5.41) is 8.53. The molecule has 0 atom stereocenters. The van der Waals surface area contributed by atoms with Crippen molar-refractivity contribution in [3.05, 3.63) is 64.5 Å². The van der Waals surface area contributed by atoms with Crippen molar-refractivity contribution in [2.24, 2.45) is 0 Å². The van der Waals surface area contributed by atoms with Gasteiger partial charge in [0.05, 0.1) is 28.6 Å². The second kappa shape index (κ2) is 10.0. The third-order valence-electron chi connectivity index (χ3n) is 5.36. The summed E-state index contributed by atoms with van der Waals surface area (Å²) in [6, 6.07) is 11.8. The molecule has 33 heavy (non-hydrogen) atoms. The first kappa shape index (κ1) is 24.9. The fourth-order valence-corrected chi connectivity index (χ4v) is 4.61. The maximum atomic E-state index is 13.0. The summed E-state index contributed by atoms with van der Waals surface area (Å²) in [6.45, 7) is 7.15. The van der Waals surface area contributed by atoms with E-state index in [1.54, 1.807) is 42.5 Å². The smallest absolute Gasteiger partial charge is 0.249 e. The number of hydrogen-bond donors (Lipinski definition) is 0. The van der Waals surface area contributed by atoms with Crippen LogP contribution in [0.2, 0.25) is 5.02 Å². The number of rotatable bonds is 8. The molecule has 8 nitrogen and oxygen atoms in total. The van der Waals surface area contributed by atoms with Gasteiger partial charge in [-0.2, -0.15) is 4.31 Å². The molecule has 0 aliphatic carbocycles. The molecule has 2 aromatic carbocycles. The van der Waals surface area contributed by atoms with Crippen LogP contribution in [0, 0.1) is 13.8 Å². The number of amides is 1. The molecule has 0 radical (unpaired) electrons. The molecule has 0 N–H and O–H groups in total. The van der Waals surface area contributed by atoms with Crippen LogP contribution in [0.3, 0.4) is 0 Å². The van der Waals surface area contributed by atoms with Crippen molar-refractivity contribution in [1.29, 1.82) is 0 Å². The Morgan fingerprint density at radius 3 is 2.42 bits per heavy atom. The predicted octanol–water partition coefficient (Wildman–Crippen LogP) is 4.06. The van der Waals surface area contributed by atoms with Gasteiger partial charge in [-0.25, -0.2) is 8.42 Å². The molecule has 0 unspecified atom stereocenters. The van der Waals surface area contributed by atoms with Crippen LogP contribution in [-0.2, 0) is 21.4 Å². The molecular formula is C23H27ClN4O4S. The number of sulfonamides is 1. The number of benzene rings is 2. The van der Waals surface area contributed by atoms with Crippen molar-refractivity contribution < 1.29 is 17.6 Å². The molecular weight excluding hydrogens is 464 g/mol. The van der Waals surface area contributed by atoms with Gasteiger partial charge < -0.3 is 9.32 Å². The molecule has 176 valence electrons. The van der Waals surface area contributed by atoms with Crippen molar-refractivity contribution in [3.8, 4) is 11.5 Å². The Balaban J connectivity index is 1.75. The van der Waals surface area contributed by atoms with Gasteiger partial charge in [-0.1, -0.05) is 29.8 Å². The summed E-state index contributed by atoms with van der Waals surface area (Å²) >= 11 is 6.19. The molecule has 0 saturated heterocycles. The number of aromatic nitrogens is 2. The minimum absolute atomic E-state index is 0.0471. The summed E-state index contributed by atoms with van der Waals surface area (Å²) in [7, 11) is -2.43. The third kappa shape index (κ3) is 5.61. The van der Waals surface area contributed by atoms with Crippen molar-refractivity contribution >= 4 is 27.5 Å². The Hall–Kier alpha value is -2.75. The van der Waals surface area contributed by atoms with Crippen LogP contribution in [0.1, 0.15) is 30.9 Å². The van der Waals surface area contributed by atoms with E-state index in [0.29, 0.717) is 10.6 Å². The van der Waals surface area contributed by atoms with E-state index in [4.69, 9.17) is 16.0 Å². The van der Waals surface area contributed by atoms with Gasteiger partial charge >= 0.3 is 0 Å². The zero-order chi connectivity index (χ0) is 24.3. The van der Waals surface area contributed by atoms with Crippen LogP contribution < -0.4 is 0 Å².